The van der Waals surface area contributed by atoms with Gasteiger partial charge in [-0.25, -0.2) is 0 Å². The third-order valence-electron chi connectivity index (χ3n) is 4.35. The lowest BCUT2D eigenvalue weighted by molar-refractivity contribution is 0.116. The van der Waals surface area contributed by atoms with Gasteiger partial charge in [0.1, 0.15) is 0 Å². The van der Waals surface area contributed by atoms with Gasteiger partial charge in [-0.2, -0.15) is 0 Å². The van der Waals surface area contributed by atoms with Crippen LogP contribution in [0, 0.1) is 0 Å². The molecular formula is C16H23NO. The molecule has 0 aliphatic heterocycles. The number of rotatable bonds is 4. The molecule has 0 spiro atoms. The monoisotopic (exact) mass is 245 g/mol. The number of benzene rings is 1. The molecule has 2 saturated carbocycles. The summed E-state index contributed by atoms with van der Waals surface area (Å²) in [4.78, 5) is 0. The second-order valence-corrected chi connectivity index (χ2v) is 5.86. The van der Waals surface area contributed by atoms with E-state index in [0.717, 1.165) is 38.1 Å². The second-order valence-electron chi connectivity index (χ2n) is 5.86. The van der Waals surface area contributed by atoms with Crippen molar-refractivity contribution < 1.29 is 5.11 Å². The van der Waals surface area contributed by atoms with Crippen molar-refractivity contribution in [1.29, 1.82) is 0 Å². The van der Waals surface area contributed by atoms with E-state index >= 15 is 0 Å². The molecule has 2 aliphatic rings. The molecular weight excluding hydrogens is 222 g/mol. The molecule has 2 fully saturated rings. The van der Waals surface area contributed by atoms with E-state index in [-0.39, 0.29) is 6.10 Å². The Bertz CT molecular complexity index is 392. The Balaban J connectivity index is 1.56. The second kappa shape index (κ2) is 5.41. The van der Waals surface area contributed by atoms with Crippen molar-refractivity contribution in [3.8, 4) is 0 Å². The highest BCUT2D eigenvalue weighted by Crippen LogP contribution is 2.41. The first kappa shape index (κ1) is 12.2. The van der Waals surface area contributed by atoms with Gasteiger partial charge in [0.15, 0.2) is 0 Å². The molecule has 0 radical (unpaired) electrons. The lowest BCUT2D eigenvalue weighted by Crippen LogP contribution is -2.34. The molecule has 0 aromatic heterocycles. The molecule has 3 rings (SSSR count). The van der Waals surface area contributed by atoms with Gasteiger partial charge in [0, 0.05) is 12.6 Å². The third kappa shape index (κ3) is 2.93. The minimum absolute atomic E-state index is 0.0539. The van der Waals surface area contributed by atoms with Crippen LogP contribution >= 0.6 is 0 Å². The van der Waals surface area contributed by atoms with Crippen molar-refractivity contribution in [3.05, 3.63) is 35.4 Å². The fourth-order valence-electron chi connectivity index (χ4n) is 3.02. The van der Waals surface area contributed by atoms with Crippen LogP contribution < -0.4 is 5.32 Å². The highest BCUT2D eigenvalue weighted by atomic mass is 16.3. The molecule has 98 valence electrons. The number of aliphatic hydroxyl groups is 1. The molecule has 2 aliphatic carbocycles. The van der Waals surface area contributed by atoms with Gasteiger partial charge >= 0.3 is 0 Å². The summed E-state index contributed by atoms with van der Waals surface area (Å²) in [5.74, 6) is 0.830. The number of aliphatic hydroxyl groups excluding tert-OH is 1. The van der Waals surface area contributed by atoms with Crippen molar-refractivity contribution in [1.82, 2.24) is 5.32 Å². The zero-order chi connectivity index (χ0) is 12.4. The predicted molar refractivity (Wildman–Crippen MR) is 73.5 cm³/mol. The Morgan fingerprint density at radius 1 is 1.00 bits per heavy atom. The topological polar surface area (TPSA) is 32.3 Å². The number of hydrogen-bond donors (Lipinski definition) is 2. The van der Waals surface area contributed by atoms with Crippen LogP contribution in [0.25, 0.3) is 0 Å². The predicted octanol–water partition coefficient (Wildman–Crippen LogP) is 2.96. The van der Waals surface area contributed by atoms with E-state index < -0.39 is 0 Å². The van der Waals surface area contributed by atoms with Crippen LogP contribution in [0.5, 0.6) is 0 Å². The molecule has 1 aromatic carbocycles. The maximum atomic E-state index is 9.51. The Morgan fingerprint density at radius 2 is 1.72 bits per heavy atom. The molecule has 0 atom stereocenters. The van der Waals surface area contributed by atoms with Crippen LogP contribution in [0.15, 0.2) is 24.3 Å². The van der Waals surface area contributed by atoms with Crippen molar-refractivity contribution >= 4 is 0 Å². The summed E-state index contributed by atoms with van der Waals surface area (Å²) in [7, 11) is 0. The van der Waals surface area contributed by atoms with Gasteiger partial charge in [0.2, 0.25) is 0 Å². The lowest BCUT2D eigenvalue weighted by Gasteiger charge is -2.26. The molecule has 0 bridgehead atoms. The van der Waals surface area contributed by atoms with Gasteiger partial charge in [-0.15, -0.1) is 0 Å². The van der Waals surface area contributed by atoms with Crippen molar-refractivity contribution in [2.75, 3.05) is 0 Å². The fourth-order valence-corrected chi connectivity index (χ4v) is 3.02. The van der Waals surface area contributed by atoms with Gasteiger partial charge in [0.25, 0.3) is 0 Å². The summed E-state index contributed by atoms with van der Waals surface area (Å²) >= 11 is 0. The summed E-state index contributed by atoms with van der Waals surface area (Å²) in [6.45, 7) is 0.993. The van der Waals surface area contributed by atoms with Crippen LogP contribution in [0.2, 0.25) is 0 Å². The highest BCUT2D eigenvalue weighted by molar-refractivity contribution is 5.33. The normalized spacial score (nSPS) is 28.3. The van der Waals surface area contributed by atoms with E-state index in [9.17, 15) is 5.11 Å². The van der Waals surface area contributed by atoms with Crippen LogP contribution in [0.1, 0.15) is 55.6 Å². The molecule has 0 saturated heterocycles. The molecule has 2 nitrogen and oxygen atoms in total. The Labute approximate surface area is 109 Å². The Kier molecular flexibility index (Phi) is 3.67. The highest BCUT2D eigenvalue weighted by Gasteiger charge is 2.26. The minimum atomic E-state index is -0.0539. The first-order valence-corrected chi connectivity index (χ1v) is 7.32. The molecule has 2 N–H and O–H groups in total. The summed E-state index contributed by atoms with van der Waals surface area (Å²) in [6.07, 6.45) is 6.84. The summed E-state index contributed by atoms with van der Waals surface area (Å²) in [5.41, 5.74) is 3.03. The van der Waals surface area contributed by atoms with Crippen molar-refractivity contribution in [2.45, 2.75) is 63.1 Å². The van der Waals surface area contributed by atoms with E-state index in [1.165, 1.54) is 18.4 Å². The Hall–Kier alpha value is -0.860. The van der Waals surface area contributed by atoms with Crippen LogP contribution in [0.4, 0.5) is 0 Å². The van der Waals surface area contributed by atoms with E-state index in [1.54, 1.807) is 5.56 Å². The number of hydrogen-bond acceptors (Lipinski definition) is 2. The van der Waals surface area contributed by atoms with Gasteiger partial charge in [0.05, 0.1) is 6.10 Å². The lowest BCUT2D eigenvalue weighted by atomic mass is 9.93. The SMILES string of the molecule is OC1CCC(NCc2ccccc2C2CC2)CC1. The molecule has 0 amide bonds. The molecule has 0 heterocycles. The van der Waals surface area contributed by atoms with E-state index in [4.69, 9.17) is 0 Å². The van der Waals surface area contributed by atoms with E-state index in [2.05, 4.69) is 29.6 Å². The van der Waals surface area contributed by atoms with Crippen molar-refractivity contribution in [3.63, 3.8) is 0 Å². The minimum Gasteiger partial charge on any atom is -0.393 e. The van der Waals surface area contributed by atoms with Crippen LogP contribution in [-0.4, -0.2) is 17.3 Å². The molecule has 0 unspecified atom stereocenters. The van der Waals surface area contributed by atoms with Crippen LogP contribution in [-0.2, 0) is 6.54 Å². The van der Waals surface area contributed by atoms with Crippen molar-refractivity contribution in [2.24, 2.45) is 0 Å². The fraction of sp³-hybridized carbons (Fsp3) is 0.625. The third-order valence-corrected chi connectivity index (χ3v) is 4.35. The molecule has 2 heteroatoms. The maximum Gasteiger partial charge on any atom is 0.0541 e. The summed E-state index contributed by atoms with van der Waals surface area (Å²) in [6, 6.07) is 9.46. The van der Waals surface area contributed by atoms with Gasteiger partial charge in [-0.05, 0) is 55.6 Å². The molecule has 18 heavy (non-hydrogen) atoms. The zero-order valence-electron chi connectivity index (χ0n) is 10.9. The zero-order valence-corrected chi connectivity index (χ0v) is 10.9. The maximum absolute atomic E-state index is 9.51. The quantitative estimate of drug-likeness (QED) is 0.855. The Morgan fingerprint density at radius 3 is 2.44 bits per heavy atom. The van der Waals surface area contributed by atoms with Gasteiger partial charge in [-0.1, -0.05) is 24.3 Å². The summed E-state index contributed by atoms with van der Waals surface area (Å²) < 4.78 is 0. The first-order chi connectivity index (χ1) is 8.83. The number of nitrogens with one attached hydrogen (secondary N) is 1. The largest absolute Gasteiger partial charge is 0.393 e. The average molecular weight is 245 g/mol. The van der Waals surface area contributed by atoms with E-state index in [1.807, 2.05) is 0 Å². The van der Waals surface area contributed by atoms with Gasteiger partial charge in [-0.3, -0.25) is 0 Å². The average Bonchev–Trinajstić information content (AvgIpc) is 3.23. The summed E-state index contributed by atoms with van der Waals surface area (Å²) in [5, 5.41) is 13.2. The standard InChI is InChI=1S/C16H23NO/c18-15-9-7-14(8-10-15)17-11-13-3-1-2-4-16(13)12-5-6-12/h1-4,12,14-15,17-18H,5-11H2. The smallest absolute Gasteiger partial charge is 0.0541 e. The molecule has 1 aromatic rings. The van der Waals surface area contributed by atoms with E-state index in [0.29, 0.717) is 6.04 Å². The van der Waals surface area contributed by atoms with Gasteiger partial charge < -0.3 is 10.4 Å². The first-order valence-electron chi connectivity index (χ1n) is 7.32. The van der Waals surface area contributed by atoms with Crippen LogP contribution in [0.3, 0.4) is 0 Å².